The van der Waals surface area contributed by atoms with E-state index in [1.165, 1.54) is 0 Å². The predicted octanol–water partition coefficient (Wildman–Crippen LogP) is 2.84. The predicted molar refractivity (Wildman–Crippen MR) is 107 cm³/mol. The Morgan fingerprint density at radius 2 is 1.86 bits per heavy atom. The summed E-state index contributed by atoms with van der Waals surface area (Å²) in [6.07, 6.45) is 4.33. The van der Waals surface area contributed by atoms with Gasteiger partial charge < -0.3 is 4.90 Å². The van der Waals surface area contributed by atoms with Gasteiger partial charge in [0.25, 0.3) is 5.56 Å². The fourth-order valence-electron chi connectivity index (χ4n) is 3.77. The third kappa shape index (κ3) is 2.43. The van der Waals surface area contributed by atoms with Crippen LogP contribution in [0, 0.1) is 13.8 Å². The summed E-state index contributed by atoms with van der Waals surface area (Å²) in [5.41, 5.74) is 3.34. The van der Waals surface area contributed by atoms with E-state index in [1.54, 1.807) is 21.5 Å². The molecule has 3 aromatic heterocycles. The van der Waals surface area contributed by atoms with Crippen LogP contribution in [0.4, 0.5) is 5.82 Å². The largest absolute Gasteiger partial charge is 0.346 e. The highest BCUT2D eigenvalue weighted by Crippen LogP contribution is 2.37. The summed E-state index contributed by atoms with van der Waals surface area (Å²) in [5, 5.41) is 4.82. The van der Waals surface area contributed by atoms with Crippen LogP contribution in [0.1, 0.15) is 29.5 Å². The molecule has 0 saturated carbocycles. The zero-order valence-corrected chi connectivity index (χ0v) is 15.8. The molecule has 0 radical (unpaired) electrons. The number of benzene rings is 1. The third-order valence-corrected chi connectivity index (χ3v) is 5.50. The normalized spacial score (nSPS) is 16.4. The Morgan fingerprint density at radius 3 is 2.61 bits per heavy atom. The molecule has 0 spiro atoms. The van der Waals surface area contributed by atoms with Crippen LogP contribution >= 0.6 is 0 Å². The van der Waals surface area contributed by atoms with Crippen molar-refractivity contribution in [2.75, 3.05) is 11.4 Å². The van der Waals surface area contributed by atoms with Crippen molar-refractivity contribution in [3.05, 3.63) is 82.4 Å². The van der Waals surface area contributed by atoms with Crippen LogP contribution in [0.5, 0.6) is 0 Å². The molecule has 0 unspecified atom stereocenters. The minimum atomic E-state index is -0.0661. The van der Waals surface area contributed by atoms with Crippen molar-refractivity contribution in [1.82, 2.24) is 24.1 Å². The first kappa shape index (κ1) is 16.7. The van der Waals surface area contributed by atoms with Gasteiger partial charge in [-0.3, -0.25) is 9.36 Å². The molecule has 1 aromatic carbocycles. The Morgan fingerprint density at radius 1 is 1.04 bits per heavy atom. The van der Waals surface area contributed by atoms with Crippen LogP contribution < -0.4 is 10.5 Å². The fourth-order valence-corrected chi connectivity index (χ4v) is 3.77. The molecule has 1 atom stereocenters. The summed E-state index contributed by atoms with van der Waals surface area (Å²) in [6, 6.07) is 13.3. The number of aryl methyl sites for hydroxylation is 1. The Bertz CT molecular complexity index is 1230. The highest BCUT2D eigenvalue weighted by Gasteiger charge is 2.36. The van der Waals surface area contributed by atoms with Gasteiger partial charge in [0, 0.05) is 24.0 Å². The monoisotopic (exact) mass is 372 g/mol. The second-order valence-electron chi connectivity index (χ2n) is 7.08. The quantitative estimate of drug-likeness (QED) is 0.553. The average Bonchev–Trinajstić information content (AvgIpc) is 3.14. The second kappa shape index (κ2) is 6.30. The molecule has 1 saturated heterocycles. The van der Waals surface area contributed by atoms with Gasteiger partial charge in [0.2, 0.25) is 0 Å². The van der Waals surface area contributed by atoms with Gasteiger partial charge in [-0.2, -0.15) is 5.10 Å². The van der Waals surface area contributed by atoms with Crippen LogP contribution in [0.25, 0.3) is 11.2 Å². The first-order valence-electron chi connectivity index (χ1n) is 9.35. The molecule has 0 bridgehead atoms. The van der Waals surface area contributed by atoms with Crippen molar-refractivity contribution >= 4 is 11.3 Å². The molecule has 0 amide bonds. The highest BCUT2D eigenvalue weighted by molar-refractivity contribution is 5.53. The Kier molecular flexibility index (Phi) is 3.75. The number of hydrogen-bond acceptors (Lipinski definition) is 5. The number of aromatic nitrogens is 5. The van der Waals surface area contributed by atoms with E-state index in [-0.39, 0.29) is 11.6 Å². The van der Waals surface area contributed by atoms with Crippen molar-refractivity contribution < 1.29 is 0 Å². The third-order valence-electron chi connectivity index (χ3n) is 5.50. The summed E-state index contributed by atoms with van der Waals surface area (Å²) in [6.45, 7) is 4.89. The van der Waals surface area contributed by atoms with Gasteiger partial charge in [-0.05, 0) is 44.5 Å². The van der Waals surface area contributed by atoms with E-state index in [9.17, 15) is 4.79 Å². The summed E-state index contributed by atoms with van der Waals surface area (Å²) in [7, 11) is 0. The minimum absolute atomic E-state index is 0.0206. The zero-order chi connectivity index (χ0) is 19.3. The van der Waals surface area contributed by atoms with Crippen LogP contribution in [0.2, 0.25) is 0 Å². The second-order valence-corrected chi connectivity index (χ2v) is 7.08. The van der Waals surface area contributed by atoms with E-state index >= 15 is 0 Å². The lowest BCUT2D eigenvalue weighted by atomic mass is 10.0. The maximum atomic E-state index is 13.3. The molecule has 1 aliphatic heterocycles. The summed E-state index contributed by atoms with van der Waals surface area (Å²) >= 11 is 0. The van der Waals surface area contributed by atoms with Crippen LogP contribution in [0.15, 0.2) is 59.8 Å². The summed E-state index contributed by atoms with van der Waals surface area (Å²) in [4.78, 5) is 24.3. The van der Waals surface area contributed by atoms with E-state index in [1.807, 2.05) is 56.4 Å². The van der Waals surface area contributed by atoms with E-state index < -0.39 is 0 Å². The van der Waals surface area contributed by atoms with E-state index in [2.05, 4.69) is 14.9 Å². The SMILES string of the molecule is Cc1ncnc(N2CC[C@H]2c2nn3cccc3c(=O)n2-c2ccccc2)c1C. The van der Waals surface area contributed by atoms with Gasteiger partial charge in [0.15, 0.2) is 5.82 Å². The van der Waals surface area contributed by atoms with Gasteiger partial charge in [-0.15, -0.1) is 0 Å². The molecule has 140 valence electrons. The van der Waals surface area contributed by atoms with Gasteiger partial charge >= 0.3 is 0 Å². The maximum absolute atomic E-state index is 13.3. The molecule has 4 heterocycles. The van der Waals surface area contributed by atoms with Gasteiger partial charge in [-0.1, -0.05) is 18.2 Å². The number of hydrogen-bond donors (Lipinski definition) is 0. The summed E-state index contributed by atoms with van der Waals surface area (Å²) in [5.74, 6) is 1.63. The first-order valence-corrected chi connectivity index (χ1v) is 9.35. The van der Waals surface area contributed by atoms with Crippen molar-refractivity contribution in [2.45, 2.75) is 26.3 Å². The summed E-state index contributed by atoms with van der Waals surface area (Å²) < 4.78 is 3.40. The minimum Gasteiger partial charge on any atom is -0.346 e. The van der Waals surface area contributed by atoms with Crippen molar-refractivity contribution in [2.24, 2.45) is 0 Å². The molecule has 1 fully saturated rings. The first-order chi connectivity index (χ1) is 13.6. The number of rotatable bonds is 3. The molecule has 28 heavy (non-hydrogen) atoms. The Hall–Kier alpha value is -3.48. The lowest BCUT2D eigenvalue weighted by molar-refractivity contribution is 0.422. The number of para-hydroxylation sites is 1. The molecule has 7 nitrogen and oxygen atoms in total. The molecule has 7 heteroatoms. The molecule has 0 N–H and O–H groups in total. The van der Waals surface area contributed by atoms with Crippen LogP contribution in [-0.2, 0) is 0 Å². The lowest BCUT2D eigenvalue weighted by Crippen LogP contribution is -2.45. The van der Waals surface area contributed by atoms with Crippen LogP contribution in [0.3, 0.4) is 0 Å². The van der Waals surface area contributed by atoms with Crippen LogP contribution in [-0.4, -0.2) is 30.7 Å². The molecular formula is C21H20N6O. The molecule has 0 aliphatic carbocycles. The Balaban J connectivity index is 1.70. The smallest absolute Gasteiger partial charge is 0.282 e. The van der Waals surface area contributed by atoms with E-state index in [0.717, 1.165) is 41.6 Å². The standard InChI is InChI=1S/C21H20N6O/c1-14-15(2)22-13-23-19(14)25-12-10-17(25)20-24-26-11-6-9-18(26)21(28)27(20)16-7-4-3-5-8-16/h3-9,11,13,17H,10,12H2,1-2H3/t17-/m0/s1. The lowest BCUT2D eigenvalue weighted by Gasteiger charge is -2.42. The molecule has 1 aliphatic rings. The number of fused-ring (bicyclic) bond motifs is 1. The van der Waals surface area contributed by atoms with E-state index in [4.69, 9.17) is 5.10 Å². The molecule has 4 aromatic rings. The van der Waals surface area contributed by atoms with Crippen molar-refractivity contribution in [3.8, 4) is 5.69 Å². The maximum Gasteiger partial charge on any atom is 0.282 e. The van der Waals surface area contributed by atoms with Gasteiger partial charge in [0.1, 0.15) is 17.7 Å². The average molecular weight is 372 g/mol. The zero-order valence-electron chi connectivity index (χ0n) is 15.8. The van der Waals surface area contributed by atoms with E-state index in [0.29, 0.717) is 5.52 Å². The number of anilines is 1. The van der Waals surface area contributed by atoms with Gasteiger partial charge in [-0.25, -0.2) is 14.5 Å². The molecular weight excluding hydrogens is 352 g/mol. The topological polar surface area (TPSA) is 68.3 Å². The van der Waals surface area contributed by atoms with Crippen molar-refractivity contribution in [3.63, 3.8) is 0 Å². The number of nitrogens with zero attached hydrogens (tertiary/aromatic N) is 6. The fraction of sp³-hybridized carbons (Fsp3) is 0.238. The van der Waals surface area contributed by atoms with Gasteiger partial charge in [0.05, 0.1) is 11.7 Å². The Labute approximate surface area is 161 Å². The highest BCUT2D eigenvalue weighted by atomic mass is 16.1. The molecule has 5 rings (SSSR count). The van der Waals surface area contributed by atoms with Crippen molar-refractivity contribution in [1.29, 1.82) is 0 Å².